The number of hydrogen-bond donors (Lipinski definition) is 1. The van der Waals surface area contributed by atoms with Crippen LogP contribution in [-0.4, -0.2) is 39.6 Å². The van der Waals surface area contributed by atoms with Crippen molar-refractivity contribution in [1.29, 1.82) is 0 Å². The summed E-state index contributed by atoms with van der Waals surface area (Å²) in [5, 5.41) is 3.75. The highest BCUT2D eigenvalue weighted by molar-refractivity contribution is 7.15. The van der Waals surface area contributed by atoms with Gasteiger partial charge in [0.1, 0.15) is 5.60 Å². The van der Waals surface area contributed by atoms with E-state index in [1.807, 2.05) is 27.0 Å². The van der Waals surface area contributed by atoms with E-state index in [0.29, 0.717) is 23.6 Å². The van der Waals surface area contributed by atoms with Crippen LogP contribution >= 0.6 is 11.3 Å². The third-order valence-electron chi connectivity index (χ3n) is 6.16. The molecule has 2 fully saturated rings. The Balaban J connectivity index is 1.53. The second-order valence-corrected chi connectivity index (χ2v) is 11.1. The van der Waals surface area contributed by atoms with Crippen LogP contribution in [0.15, 0.2) is 6.20 Å². The van der Waals surface area contributed by atoms with Crippen LogP contribution in [0.25, 0.3) is 0 Å². The van der Waals surface area contributed by atoms with E-state index in [0.717, 1.165) is 43.4 Å². The average molecular weight is 450 g/mol. The summed E-state index contributed by atoms with van der Waals surface area (Å²) < 4.78 is 5.36. The van der Waals surface area contributed by atoms with Crippen molar-refractivity contribution in [2.75, 3.05) is 5.32 Å². The van der Waals surface area contributed by atoms with E-state index in [-0.39, 0.29) is 12.0 Å². The molecule has 2 aliphatic carbocycles. The van der Waals surface area contributed by atoms with Crippen molar-refractivity contribution in [3.63, 3.8) is 0 Å². The van der Waals surface area contributed by atoms with Crippen LogP contribution in [0.1, 0.15) is 103 Å². The Labute approximate surface area is 191 Å². The predicted octanol–water partition coefficient (Wildman–Crippen LogP) is 6.31. The number of aryl methyl sites for hydroxylation is 1. The molecule has 7 heteroatoms. The lowest BCUT2D eigenvalue weighted by atomic mass is 9.89. The van der Waals surface area contributed by atoms with Crippen molar-refractivity contribution in [2.45, 2.75) is 122 Å². The van der Waals surface area contributed by atoms with E-state index in [4.69, 9.17) is 4.74 Å². The molecule has 1 heterocycles. The van der Waals surface area contributed by atoms with Gasteiger partial charge >= 0.3 is 12.0 Å². The summed E-state index contributed by atoms with van der Waals surface area (Å²) in [7, 11) is 0. The molecule has 2 amide bonds. The molecule has 0 unspecified atom stereocenters. The minimum Gasteiger partial charge on any atom is -0.460 e. The van der Waals surface area contributed by atoms with Crippen LogP contribution in [0.3, 0.4) is 0 Å². The number of aromatic nitrogens is 1. The van der Waals surface area contributed by atoms with Crippen molar-refractivity contribution in [3.8, 4) is 0 Å². The summed E-state index contributed by atoms with van der Waals surface area (Å²) in [6.45, 7) is 5.65. The van der Waals surface area contributed by atoms with E-state index in [1.54, 1.807) is 0 Å². The molecule has 0 aromatic carbocycles. The lowest BCUT2D eigenvalue weighted by Gasteiger charge is -2.41. The highest BCUT2D eigenvalue weighted by Gasteiger charge is 2.32. The zero-order valence-electron chi connectivity index (χ0n) is 19.5. The topological polar surface area (TPSA) is 71.5 Å². The van der Waals surface area contributed by atoms with E-state index < -0.39 is 5.60 Å². The molecule has 1 aromatic heterocycles. The van der Waals surface area contributed by atoms with Crippen molar-refractivity contribution < 1.29 is 14.3 Å². The molecule has 2 aliphatic rings. The number of hydrogen-bond acceptors (Lipinski definition) is 5. The first-order valence-electron chi connectivity index (χ1n) is 12.1. The molecule has 6 nitrogen and oxygen atoms in total. The fraction of sp³-hybridized carbons (Fsp3) is 0.792. The monoisotopic (exact) mass is 449 g/mol. The standard InChI is InChI=1S/C24H39N3O3S/c1-24(2,3)30-21(28)16-10-15-20-17-25-22(31-20)26-23(29)27(18-11-6-4-7-12-18)19-13-8-5-9-14-19/h17-19H,4-16H2,1-3H3,(H,25,26,29). The van der Waals surface area contributed by atoms with E-state index in [9.17, 15) is 9.59 Å². The highest BCUT2D eigenvalue weighted by atomic mass is 32.1. The SMILES string of the molecule is CC(C)(C)OC(=O)CCCc1cnc(NC(=O)N(C2CCCCC2)C2CCCCC2)s1. The van der Waals surface area contributed by atoms with Crippen LogP contribution in [-0.2, 0) is 16.0 Å². The third kappa shape index (κ3) is 7.78. The Morgan fingerprint density at radius 3 is 2.19 bits per heavy atom. The Bertz CT molecular complexity index is 698. The number of nitrogens with one attached hydrogen (secondary N) is 1. The van der Waals surface area contributed by atoms with Gasteiger partial charge < -0.3 is 9.64 Å². The van der Waals surface area contributed by atoms with Gasteiger partial charge in [-0.1, -0.05) is 38.5 Å². The minimum absolute atomic E-state index is 0.0217. The van der Waals surface area contributed by atoms with Crippen LogP contribution in [0.4, 0.5) is 9.93 Å². The quantitative estimate of drug-likeness (QED) is 0.495. The minimum atomic E-state index is -0.443. The van der Waals surface area contributed by atoms with Crippen LogP contribution in [0, 0.1) is 0 Å². The summed E-state index contributed by atoms with van der Waals surface area (Å²) >= 11 is 1.51. The summed E-state index contributed by atoms with van der Waals surface area (Å²) in [6.07, 6.45) is 15.7. The number of amides is 2. The van der Waals surface area contributed by atoms with Crippen molar-refractivity contribution in [1.82, 2.24) is 9.88 Å². The lowest BCUT2D eigenvalue weighted by Crippen LogP contribution is -2.50. The van der Waals surface area contributed by atoms with Crippen molar-refractivity contribution in [2.24, 2.45) is 0 Å². The van der Waals surface area contributed by atoms with Gasteiger partial charge in [-0.2, -0.15) is 0 Å². The molecule has 0 saturated heterocycles. The highest BCUT2D eigenvalue weighted by Crippen LogP contribution is 2.31. The average Bonchev–Trinajstić information content (AvgIpc) is 3.15. The zero-order chi connectivity index (χ0) is 22.3. The largest absolute Gasteiger partial charge is 0.460 e. The van der Waals surface area contributed by atoms with Gasteiger partial charge in [0, 0.05) is 29.6 Å². The van der Waals surface area contributed by atoms with Gasteiger partial charge in [-0.3, -0.25) is 10.1 Å². The van der Waals surface area contributed by atoms with Gasteiger partial charge in [0.15, 0.2) is 5.13 Å². The number of thiazole rings is 1. The number of urea groups is 1. The number of anilines is 1. The third-order valence-corrected chi connectivity index (χ3v) is 7.13. The molecule has 1 aromatic rings. The maximum Gasteiger partial charge on any atom is 0.324 e. The number of carbonyl (C=O) groups excluding carboxylic acids is 2. The second-order valence-electron chi connectivity index (χ2n) is 9.99. The first kappa shape index (κ1) is 24.0. The van der Waals surface area contributed by atoms with Gasteiger partial charge in [-0.05, 0) is 59.3 Å². The molecule has 0 aliphatic heterocycles. The first-order valence-corrected chi connectivity index (χ1v) is 12.9. The summed E-state index contributed by atoms with van der Waals surface area (Å²) in [5.74, 6) is -0.166. The summed E-state index contributed by atoms with van der Waals surface area (Å²) in [5.41, 5.74) is -0.443. The number of esters is 1. The fourth-order valence-electron chi connectivity index (χ4n) is 4.78. The van der Waals surface area contributed by atoms with Crippen LogP contribution < -0.4 is 5.32 Å². The second kappa shape index (κ2) is 11.3. The van der Waals surface area contributed by atoms with Crippen molar-refractivity contribution in [3.05, 3.63) is 11.1 Å². The molecule has 2 saturated carbocycles. The number of carbonyl (C=O) groups is 2. The fourth-order valence-corrected chi connectivity index (χ4v) is 5.63. The molecule has 0 spiro atoms. The summed E-state index contributed by atoms with van der Waals surface area (Å²) in [4.78, 5) is 32.8. The molecule has 0 atom stereocenters. The Hall–Kier alpha value is -1.63. The van der Waals surface area contributed by atoms with E-state index >= 15 is 0 Å². The van der Waals surface area contributed by atoms with Gasteiger partial charge in [0.2, 0.25) is 0 Å². The van der Waals surface area contributed by atoms with Crippen LogP contribution in [0.5, 0.6) is 0 Å². The zero-order valence-corrected chi connectivity index (χ0v) is 20.3. The predicted molar refractivity (Wildman–Crippen MR) is 126 cm³/mol. The molecule has 0 bridgehead atoms. The summed E-state index contributed by atoms with van der Waals surface area (Å²) in [6, 6.07) is 0.753. The smallest absolute Gasteiger partial charge is 0.324 e. The molecule has 3 rings (SSSR count). The van der Waals surface area contributed by atoms with Gasteiger partial charge in [-0.25, -0.2) is 9.78 Å². The normalized spacial score (nSPS) is 18.5. The molecular weight excluding hydrogens is 410 g/mol. The number of ether oxygens (including phenoxy) is 1. The number of rotatable bonds is 7. The van der Waals surface area contributed by atoms with Gasteiger partial charge in [-0.15, -0.1) is 11.3 Å². The molecule has 31 heavy (non-hydrogen) atoms. The Kier molecular flexibility index (Phi) is 8.76. The van der Waals surface area contributed by atoms with Gasteiger partial charge in [0.05, 0.1) is 0 Å². The molecule has 1 N–H and O–H groups in total. The molecular formula is C24H39N3O3S. The lowest BCUT2D eigenvalue weighted by molar-refractivity contribution is -0.154. The molecule has 174 valence electrons. The Morgan fingerprint density at radius 2 is 1.65 bits per heavy atom. The van der Waals surface area contributed by atoms with E-state index in [2.05, 4.69) is 15.2 Å². The van der Waals surface area contributed by atoms with Crippen LogP contribution in [0.2, 0.25) is 0 Å². The number of nitrogens with zero attached hydrogens (tertiary/aromatic N) is 2. The van der Waals surface area contributed by atoms with Gasteiger partial charge in [0.25, 0.3) is 0 Å². The van der Waals surface area contributed by atoms with Crippen molar-refractivity contribution >= 4 is 28.5 Å². The Morgan fingerprint density at radius 1 is 1.06 bits per heavy atom. The maximum atomic E-state index is 13.3. The molecule has 0 radical (unpaired) electrons. The maximum absolute atomic E-state index is 13.3. The van der Waals surface area contributed by atoms with E-state index in [1.165, 1.54) is 49.9 Å². The first-order chi connectivity index (χ1) is 14.8.